The monoisotopic (exact) mass is 201 g/mol. The van der Waals surface area contributed by atoms with Crippen molar-refractivity contribution in [2.75, 3.05) is 11.5 Å². The first kappa shape index (κ1) is 9.39. The van der Waals surface area contributed by atoms with Crippen LogP contribution < -0.4 is 11.5 Å². The molecule has 4 N–H and O–H groups in total. The summed E-state index contributed by atoms with van der Waals surface area (Å²) in [5.74, 6) is 0.543. The second-order valence-corrected chi connectivity index (χ2v) is 3.17. The van der Waals surface area contributed by atoms with Crippen LogP contribution in [0.15, 0.2) is 30.7 Å². The lowest BCUT2D eigenvalue weighted by Gasteiger charge is -2.02. The standard InChI is InChI=1S/C10H11N5/c11-9-10(12)15-8(6-14-9)4-7-2-1-3-13-5-7/h1-3,5-6H,4H2,(H2,11,14)(H2,12,15). The van der Waals surface area contributed by atoms with Gasteiger partial charge in [-0.3, -0.25) is 4.98 Å². The predicted octanol–water partition coefficient (Wildman–Crippen LogP) is 0.627. The molecule has 76 valence electrons. The maximum absolute atomic E-state index is 5.56. The highest BCUT2D eigenvalue weighted by Gasteiger charge is 2.01. The molecule has 0 unspecified atom stereocenters. The average Bonchev–Trinajstić information content (AvgIpc) is 2.25. The molecule has 0 aliphatic heterocycles. The van der Waals surface area contributed by atoms with Gasteiger partial charge in [-0.05, 0) is 11.6 Å². The van der Waals surface area contributed by atoms with Crippen molar-refractivity contribution in [1.82, 2.24) is 15.0 Å². The Morgan fingerprint density at radius 3 is 2.67 bits per heavy atom. The lowest BCUT2D eigenvalue weighted by Crippen LogP contribution is -2.04. The van der Waals surface area contributed by atoms with E-state index in [4.69, 9.17) is 11.5 Å². The van der Waals surface area contributed by atoms with E-state index >= 15 is 0 Å². The van der Waals surface area contributed by atoms with Crippen LogP contribution in [-0.4, -0.2) is 15.0 Å². The smallest absolute Gasteiger partial charge is 0.166 e. The lowest BCUT2D eigenvalue weighted by molar-refractivity contribution is 1.03. The van der Waals surface area contributed by atoms with Gasteiger partial charge in [-0.2, -0.15) is 0 Å². The van der Waals surface area contributed by atoms with Crippen molar-refractivity contribution < 1.29 is 0 Å². The Morgan fingerprint density at radius 1 is 1.13 bits per heavy atom. The van der Waals surface area contributed by atoms with Crippen LogP contribution in [0.3, 0.4) is 0 Å². The van der Waals surface area contributed by atoms with E-state index < -0.39 is 0 Å². The van der Waals surface area contributed by atoms with Crippen LogP contribution in [0.1, 0.15) is 11.3 Å². The summed E-state index contributed by atoms with van der Waals surface area (Å²) in [6.45, 7) is 0. The third-order valence-corrected chi connectivity index (χ3v) is 1.99. The summed E-state index contributed by atoms with van der Waals surface area (Å²) >= 11 is 0. The molecule has 0 aromatic carbocycles. The SMILES string of the molecule is Nc1ncc(Cc2cccnc2)nc1N. The molecule has 0 saturated carbocycles. The minimum Gasteiger partial charge on any atom is -0.381 e. The van der Waals surface area contributed by atoms with Gasteiger partial charge in [-0.25, -0.2) is 9.97 Å². The van der Waals surface area contributed by atoms with Crippen LogP contribution in [-0.2, 0) is 6.42 Å². The first-order valence-corrected chi connectivity index (χ1v) is 4.51. The van der Waals surface area contributed by atoms with E-state index in [1.807, 2.05) is 12.1 Å². The van der Waals surface area contributed by atoms with Crippen molar-refractivity contribution in [2.24, 2.45) is 0 Å². The van der Waals surface area contributed by atoms with E-state index in [1.54, 1.807) is 18.6 Å². The highest BCUT2D eigenvalue weighted by molar-refractivity contribution is 5.51. The van der Waals surface area contributed by atoms with Crippen LogP contribution >= 0.6 is 0 Å². The molecular formula is C10H11N5. The summed E-state index contributed by atoms with van der Waals surface area (Å²) in [6, 6.07) is 3.85. The van der Waals surface area contributed by atoms with E-state index in [0.717, 1.165) is 11.3 Å². The zero-order valence-corrected chi connectivity index (χ0v) is 8.09. The summed E-state index contributed by atoms with van der Waals surface area (Å²) in [5, 5.41) is 0. The molecule has 0 bridgehead atoms. The Hall–Kier alpha value is -2.17. The molecule has 15 heavy (non-hydrogen) atoms. The van der Waals surface area contributed by atoms with Crippen LogP contribution in [0.4, 0.5) is 11.6 Å². The predicted molar refractivity (Wildman–Crippen MR) is 57.9 cm³/mol. The van der Waals surface area contributed by atoms with Gasteiger partial charge in [0.2, 0.25) is 0 Å². The zero-order valence-electron chi connectivity index (χ0n) is 8.09. The van der Waals surface area contributed by atoms with Gasteiger partial charge < -0.3 is 11.5 Å². The van der Waals surface area contributed by atoms with E-state index in [1.165, 1.54) is 0 Å². The molecule has 0 fully saturated rings. The fourth-order valence-corrected chi connectivity index (χ4v) is 1.25. The number of anilines is 2. The van der Waals surface area contributed by atoms with Gasteiger partial charge in [0.05, 0.1) is 11.9 Å². The highest BCUT2D eigenvalue weighted by Crippen LogP contribution is 2.10. The number of nitrogen functional groups attached to an aromatic ring is 2. The highest BCUT2D eigenvalue weighted by atomic mass is 15.0. The number of rotatable bonds is 2. The molecular weight excluding hydrogens is 190 g/mol. The fourth-order valence-electron chi connectivity index (χ4n) is 1.25. The topological polar surface area (TPSA) is 90.7 Å². The molecule has 0 amide bonds. The summed E-state index contributed by atoms with van der Waals surface area (Å²) < 4.78 is 0. The normalized spacial score (nSPS) is 10.1. The molecule has 5 nitrogen and oxygen atoms in total. The lowest BCUT2D eigenvalue weighted by atomic mass is 10.2. The average molecular weight is 201 g/mol. The Balaban J connectivity index is 2.22. The third kappa shape index (κ3) is 2.19. The van der Waals surface area contributed by atoms with Gasteiger partial charge >= 0.3 is 0 Å². The Labute approximate surface area is 87.2 Å². The number of hydrogen-bond donors (Lipinski definition) is 2. The fraction of sp³-hybridized carbons (Fsp3) is 0.100. The third-order valence-electron chi connectivity index (χ3n) is 1.99. The summed E-state index contributed by atoms with van der Waals surface area (Å²) in [5.41, 5.74) is 12.9. The zero-order chi connectivity index (χ0) is 10.7. The van der Waals surface area contributed by atoms with Gasteiger partial charge in [0.1, 0.15) is 0 Å². The summed E-state index contributed by atoms with van der Waals surface area (Å²) in [6.07, 6.45) is 5.80. The maximum atomic E-state index is 5.56. The number of nitrogens with zero attached hydrogens (tertiary/aromatic N) is 3. The van der Waals surface area contributed by atoms with Crippen LogP contribution in [0.2, 0.25) is 0 Å². The van der Waals surface area contributed by atoms with Crippen molar-refractivity contribution in [1.29, 1.82) is 0 Å². The Bertz CT molecular complexity index is 455. The summed E-state index contributed by atoms with van der Waals surface area (Å²) in [4.78, 5) is 12.1. The van der Waals surface area contributed by atoms with Crippen LogP contribution in [0, 0.1) is 0 Å². The largest absolute Gasteiger partial charge is 0.381 e. The van der Waals surface area contributed by atoms with Gasteiger partial charge in [-0.1, -0.05) is 6.07 Å². The number of hydrogen-bond acceptors (Lipinski definition) is 5. The van der Waals surface area contributed by atoms with E-state index in [9.17, 15) is 0 Å². The number of nitrogens with two attached hydrogens (primary N) is 2. The summed E-state index contributed by atoms with van der Waals surface area (Å²) in [7, 11) is 0. The van der Waals surface area contributed by atoms with Crippen molar-refractivity contribution >= 4 is 11.6 Å². The van der Waals surface area contributed by atoms with E-state index in [2.05, 4.69) is 15.0 Å². The minimum atomic E-state index is 0.268. The van der Waals surface area contributed by atoms with Gasteiger partial charge in [-0.15, -0.1) is 0 Å². The molecule has 0 saturated heterocycles. The second kappa shape index (κ2) is 3.91. The van der Waals surface area contributed by atoms with Gasteiger partial charge in [0, 0.05) is 18.8 Å². The van der Waals surface area contributed by atoms with Gasteiger partial charge in [0.25, 0.3) is 0 Å². The van der Waals surface area contributed by atoms with E-state index in [-0.39, 0.29) is 11.6 Å². The number of pyridine rings is 1. The quantitative estimate of drug-likeness (QED) is 0.743. The molecule has 2 aromatic heterocycles. The van der Waals surface area contributed by atoms with Crippen LogP contribution in [0.5, 0.6) is 0 Å². The molecule has 0 aliphatic rings. The molecule has 0 aliphatic carbocycles. The molecule has 0 radical (unpaired) electrons. The van der Waals surface area contributed by atoms with Crippen LogP contribution in [0.25, 0.3) is 0 Å². The van der Waals surface area contributed by atoms with E-state index in [0.29, 0.717) is 6.42 Å². The maximum Gasteiger partial charge on any atom is 0.166 e. The minimum absolute atomic E-state index is 0.268. The van der Waals surface area contributed by atoms with Crippen molar-refractivity contribution in [3.05, 3.63) is 42.0 Å². The molecule has 5 heteroatoms. The first-order chi connectivity index (χ1) is 7.25. The molecule has 0 atom stereocenters. The molecule has 2 heterocycles. The van der Waals surface area contributed by atoms with Crippen molar-refractivity contribution in [3.63, 3.8) is 0 Å². The molecule has 2 aromatic rings. The first-order valence-electron chi connectivity index (χ1n) is 4.51. The van der Waals surface area contributed by atoms with Gasteiger partial charge in [0.15, 0.2) is 11.6 Å². The van der Waals surface area contributed by atoms with Crippen molar-refractivity contribution in [2.45, 2.75) is 6.42 Å². The Morgan fingerprint density at radius 2 is 2.00 bits per heavy atom. The Kier molecular flexibility index (Phi) is 2.45. The molecule has 0 spiro atoms. The molecule has 2 rings (SSSR count). The number of aromatic nitrogens is 3. The second-order valence-electron chi connectivity index (χ2n) is 3.17. The van der Waals surface area contributed by atoms with Crippen molar-refractivity contribution in [3.8, 4) is 0 Å².